The molecule has 10 nitrogen and oxygen atoms in total. The van der Waals surface area contributed by atoms with Gasteiger partial charge in [-0.15, -0.1) is 0 Å². The molecule has 0 bridgehead atoms. The number of benzene rings is 2. The van der Waals surface area contributed by atoms with Crippen molar-refractivity contribution < 1.29 is 32.2 Å². The zero-order valence-corrected chi connectivity index (χ0v) is 26.7. The van der Waals surface area contributed by atoms with Crippen LogP contribution in [0.4, 0.5) is 5.69 Å². The van der Waals surface area contributed by atoms with E-state index in [-0.39, 0.29) is 24.5 Å². The molecule has 0 spiro atoms. The minimum atomic E-state index is -3.46. The van der Waals surface area contributed by atoms with Crippen LogP contribution in [0.3, 0.4) is 0 Å². The van der Waals surface area contributed by atoms with Gasteiger partial charge in [0.1, 0.15) is 0 Å². The molecule has 1 saturated heterocycles. The number of likely N-dealkylation sites (N-methyl/N-ethyl adjacent to an activating group) is 1. The average Bonchev–Trinajstić information content (AvgIpc) is 3.39. The number of likely N-dealkylation sites (tertiary alicyclic amines) is 1. The highest BCUT2D eigenvalue weighted by Crippen LogP contribution is 2.28. The molecule has 13 heteroatoms. The van der Waals surface area contributed by atoms with E-state index >= 15 is 0 Å². The summed E-state index contributed by atoms with van der Waals surface area (Å²) in [5.74, 6) is -0.102. The van der Waals surface area contributed by atoms with Gasteiger partial charge in [0.25, 0.3) is 0 Å². The SMILES string of the molecule is COCCOCCOCCOC1CCN(C[C@H](c2cccc(NS(C)(=O)=O)c2)N(C)C(=O)Cc2ccc(Cl)c(Cl)c2)C1. The Labute approximate surface area is 259 Å². The zero-order chi connectivity index (χ0) is 30.5. The number of hydrogen-bond donors (Lipinski definition) is 1. The molecular formula is C29H41Cl2N3O7S. The lowest BCUT2D eigenvalue weighted by atomic mass is 10.0. The second-order valence-electron chi connectivity index (χ2n) is 10.2. The van der Waals surface area contributed by atoms with Crippen LogP contribution in [0.5, 0.6) is 0 Å². The molecular weight excluding hydrogens is 605 g/mol. The summed E-state index contributed by atoms with van der Waals surface area (Å²) >= 11 is 12.2. The van der Waals surface area contributed by atoms with Crippen molar-refractivity contribution in [3.05, 3.63) is 63.6 Å². The second kappa shape index (κ2) is 17.4. The van der Waals surface area contributed by atoms with Crippen molar-refractivity contribution in [1.82, 2.24) is 9.80 Å². The number of sulfonamides is 1. The van der Waals surface area contributed by atoms with Crippen molar-refractivity contribution in [3.8, 4) is 0 Å². The molecule has 42 heavy (non-hydrogen) atoms. The fourth-order valence-electron chi connectivity index (χ4n) is 4.68. The number of amides is 1. The number of methoxy groups -OCH3 is 1. The Bertz CT molecular complexity index is 1250. The van der Waals surface area contributed by atoms with Crippen LogP contribution in [0.1, 0.15) is 23.6 Å². The minimum absolute atomic E-state index is 0.0580. The number of ether oxygens (including phenoxy) is 4. The molecule has 1 aliphatic heterocycles. The van der Waals surface area contributed by atoms with Crippen molar-refractivity contribution >= 4 is 44.8 Å². The Balaban J connectivity index is 1.61. The Hall–Kier alpha value is -1.96. The molecule has 1 aliphatic rings. The van der Waals surface area contributed by atoms with Gasteiger partial charge in [0.05, 0.1) is 74.5 Å². The first-order valence-electron chi connectivity index (χ1n) is 13.8. The normalized spacial score (nSPS) is 16.5. The molecule has 3 rings (SSSR count). The summed E-state index contributed by atoms with van der Waals surface area (Å²) in [6.45, 7) is 5.18. The fourth-order valence-corrected chi connectivity index (χ4v) is 5.56. The average molecular weight is 647 g/mol. The van der Waals surface area contributed by atoms with Crippen molar-refractivity contribution in [2.75, 3.05) is 84.4 Å². The van der Waals surface area contributed by atoms with E-state index in [4.69, 9.17) is 42.1 Å². The van der Waals surface area contributed by atoms with Crippen molar-refractivity contribution in [2.24, 2.45) is 0 Å². The highest BCUT2D eigenvalue weighted by atomic mass is 35.5. The third-order valence-electron chi connectivity index (χ3n) is 6.82. The van der Waals surface area contributed by atoms with Gasteiger partial charge in [-0.1, -0.05) is 41.4 Å². The molecule has 2 aromatic rings. The van der Waals surface area contributed by atoms with Gasteiger partial charge in [-0.2, -0.15) is 0 Å². The summed E-state index contributed by atoms with van der Waals surface area (Å²) < 4.78 is 48.2. The molecule has 0 aliphatic carbocycles. The van der Waals surface area contributed by atoms with E-state index in [9.17, 15) is 13.2 Å². The lowest BCUT2D eigenvalue weighted by molar-refractivity contribution is -0.131. The lowest BCUT2D eigenvalue weighted by Gasteiger charge is -2.32. The van der Waals surface area contributed by atoms with E-state index in [1.54, 1.807) is 55.5 Å². The maximum atomic E-state index is 13.4. The summed E-state index contributed by atoms with van der Waals surface area (Å²) in [5, 5.41) is 0.822. The molecule has 1 amide bonds. The molecule has 0 radical (unpaired) electrons. The number of nitrogens with zero attached hydrogens (tertiary/aromatic N) is 2. The highest BCUT2D eigenvalue weighted by molar-refractivity contribution is 7.92. The minimum Gasteiger partial charge on any atom is -0.382 e. The van der Waals surface area contributed by atoms with Crippen LogP contribution in [-0.4, -0.2) is 110 Å². The van der Waals surface area contributed by atoms with Crippen LogP contribution in [0, 0.1) is 0 Å². The number of nitrogens with one attached hydrogen (secondary N) is 1. The van der Waals surface area contributed by atoms with Crippen LogP contribution in [0.25, 0.3) is 0 Å². The van der Waals surface area contributed by atoms with Gasteiger partial charge in [-0.25, -0.2) is 8.42 Å². The first-order chi connectivity index (χ1) is 20.1. The van der Waals surface area contributed by atoms with E-state index < -0.39 is 10.0 Å². The first kappa shape index (κ1) is 34.5. The molecule has 1 unspecified atom stereocenters. The molecule has 234 valence electrons. The van der Waals surface area contributed by atoms with Crippen LogP contribution >= 0.6 is 23.2 Å². The Morgan fingerprint density at radius 3 is 2.45 bits per heavy atom. The van der Waals surface area contributed by atoms with Gasteiger partial charge in [-0.05, 0) is 41.8 Å². The van der Waals surface area contributed by atoms with Crippen molar-refractivity contribution in [2.45, 2.75) is 25.0 Å². The molecule has 0 saturated carbocycles. The van der Waals surface area contributed by atoms with E-state index in [1.807, 2.05) is 6.07 Å². The summed E-state index contributed by atoms with van der Waals surface area (Å²) in [6, 6.07) is 12.0. The van der Waals surface area contributed by atoms with E-state index in [0.29, 0.717) is 68.5 Å². The van der Waals surface area contributed by atoms with Gasteiger partial charge in [-0.3, -0.25) is 14.4 Å². The van der Waals surface area contributed by atoms with E-state index in [2.05, 4.69) is 9.62 Å². The van der Waals surface area contributed by atoms with Crippen LogP contribution in [-0.2, 0) is 40.2 Å². The summed E-state index contributed by atoms with van der Waals surface area (Å²) in [7, 11) is -0.0574. The van der Waals surface area contributed by atoms with Crippen LogP contribution in [0.15, 0.2) is 42.5 Å². The third-order valence-corrected chi connectivity index (χ3v) is 8.17. The lowest BCUT2D eigenvalue weighted by Crippen LogP contribution is -2.39. The maximum Gasteiger partial charge on any atom is 0.229 e. The Kier molecular flexibility index (Phi) is 14.3. The molecule has 2 atom stereocenters. The van der Waals surface area contributed by atoms with Crippen LogP contribution in [0.2, 0.25) is 10.0 Å². The first-order valence-corrected chi connectivity index (χ1v) is 16.5. The van der Waals surface area contributed by atoms with Gasteiger partial charge in [0, 0.05) is 39.5 Å². The van der Waals surface area contributed by atoms with Crippen LogP contribution < -0.4 is 4.72 Å². The quantitative estimate of drug-likeness (QED) is 0.244. The highest BCUT2D eigenvalue weighted by Gasteiger charge is 2.29. The zero-order valence-electron chi connectivity index (χ0n) is 24.4. The number of hydrogen-bond acceptors (Lipinski definition) is 8. The number of halogens is 2. The summed E-state index contributed by atoms with van der Waals surface area (Å²) in [4.78, 5) is 17.4. The Morgan fingerprint density at radius 2 is 1.76 bits per heavy atom. The number of anilines is 1. The molecule has 0 aromatic heterocycles. The smallest absolute Gasteiger partial charge is 0.229 e. The molecule has 1 heterocycles. The fraction of sp³-hybridized carbons (Fsp3) is 0.552. The van der Waals surface area contributed by atoms with Crippen molar-refractivity contribution in [1.29, 1.82) is 0 Å². The number of carbonyl (C=O) groups excluding carboxylic acids is 1. The topological polar surface area (TPSA) is 107 Å². The standard InChI is InChI=1S/C29H41Cl2N3O7S/c1-33(29(35)18-22-7-8-26(30)27(31)17-22)28(23-5-4-6-24(19-23)32-42(3,36)37)21-34-10-9-25(20-34)41-16-15-40-14-13-39-12-11-38-2/h4-8,17,19,25,28,32H,9-16,18,20-21H2,1-3H3/t25?,28-/m1/s1. The van der Waals surface area contributed by atoms with Gasteiger partial charge in [0.2, 0.25) is 15.9 Å². The molecule has 2 aromatic carbocycles. The van der Waals surface area contributed by atoms with Gasteiger partial charge >= 0.3 is 0 Å². The molecule has 1 N–H and O–H groups in total. The largest absolute Gasteiger partial charge is 0.382 e. The predicted octanol–water partition coefficient (Wildman–Crippen LogP) is 3.88. The number of carbonyl (C=O) groups is 1. The second-order valence-corrected chi connectivity index (χ2v) is 12.8. The van der Waals surface area contributed by atoms with E-state index in [1.165, 1.54) is 0 Å². The Morgan fingerprint density at radius 1 is 1.05 bits per heavy atom. The third kappa shape index (κ3) is 12.0. The predicted molar refractivity (Wildman–Crippen MR) is 165 cm³/mol. The van der Waals surface area contributed by atoms with E-state index in [0.717, 1.165) is 30.3 Å². The van der Waals surface area contributed by atoms with Crippen molar-refractivity contribution in [3.63, 3.8) is 0 Å². The maximum absolute atomic E-state index is 13.4. The summed E-state index contributed by atoms with van der Waals surface area (Å²) in [6.07, 6.45) is 2.18. The molecule has 1 fully saturated rings. The van der Waals surface area contributed by atoms with Gasteiger partial charge in [0.15, 0.2) is 0 Å². The van der Waals surface area contributed by atoms with Gasteiger partial charge < -0.3 is 23.8 Å². The number of rotatable bonds is 18. The monoisotopic (exact) mass is 645 g/mol. The summed E-state index contributed by atoms with van der Waals surface area (Å²) in [5.41, 5.74) is 2.02.